The summed E-state index contributed by atoms with van der Waals surface area (Å²) in [5.74, 6) is -1.60. The van der Waals surface area contributed by atoms with Gasteiger partial charge in [-0.3, -0.25) is 0 Å². The number of hydrogen-bond donors (Lipinski definition) is 1. The molecule has 0 radical (unpaired) electrons. The molecule has 22 heavy (non-hydrogen) atoms. The molecule has 0 atom stereocenters. The number of nitrogens with zero attached hydrogens (tertiary/aromatic N) is 3. The molecule has 6 nitrogen and oxygen atoms in total. The van der Waals surface area contributed by atoms with Gasteiger partial charge in [-0.1, -0.05) is 11.6 Å². The normalized spacial score (nSPS) is 9.86. The van der Waals surface area contributed by atoms with Gasteiger partial charge in [0.2, 0.25) is 0 Å². The molecule has 2 N–H and O–H groups in total. The van der Waals surface area contributed by atoms with Crippen LogP contribution in [0.3, 0.4) is 0 Å². The molecule has 0 aliphatic rings. The minimum absolute atomic E-state index is 0.000326. The molecular weight excluding hydrogens is 311 g/mol. The van der Waals surface area contributed by atoms with Crippen LogP contribution in [-0.2, 0) is 4.74 Å². The topological polar surface area (TPSA) is 105 Å². The first kappa shape index (κ1) is 15.4. The number of nitrogens with two attached hydrogens (primary N) is 1. The summed E-state index contributed by atoms with van der Waals surface area (Å²) in [4.78, 5) is 11.9. The summed E-state index contributed by atoms with van der Waals surface area (Å²) in [5, 5.41) is 17.9. The first-order valence-corrected chi connectivity index (χ1v) is 6.21. The van der Waals surface area contributed by atoms with Crippen LogP contribution in [0.4, 0.5) is 10.1 Å². The molecule has 0 spiro atoms. The van der Waals surface area contributed by atoms with Gasteiger partial charge in [0.1, 0.15) is 18.0 Å². The molecule has 0 saturated carbocycles. The van der Waals surface area contributed by atoms with Crippen molar-refractivity contribution in [1.29, 1.82) is 10.5 Å². The molecule has 0 amide bonds. The fourth-order valence-corrected chi connectivity index (χ4v) is 2.09. The van der Waals surface area contributed by atoms with E-state index in [4.69, 9.17) is 27.9 Å². The molecule has 1 aromatic carbocycles. The van der Waals surface area contributed by atoms with Crippen molar-refractivity contribution in [3.63, 3.8) is 0 Å². The predicted octanol–water partition coefficient (Wildman–Crippen LogP) is 2.38. The Morgan fingerprint density at radius 1 is 1.36 bits per heavy atom. The summed E-state index contributed by atoms with van der Waals surface area (Å²) in [7, 11) is 1.14. The summed E-state index contributed by atoms with van der Waals surface area (Å²) in [6, 6.07) is 5.76. The van der Waals surface area contributed by atoms with Crippen LogP contribution in [0.1, 0.15) is 21.6 Å². The van der Waals surface area contributed by atoms with E-state index in [2.05, 4.69) is 4.74 Å². The number of nitrogen functional groups attached to an aromatic ring is 1. The molecular formula is C14H8ClFN4O2. The Bertz CT molecular complexity index is 861. The fraction of sp³-hybridized carbons (Fsp3) is 0.0714. The van der Waals surface area contributed by atoms with Crippen molar-refractivity contribution in [3.05, 3.63) is 46.0 Å². The van der Waals surface area contributed by atoms with E-state index in [1.165, 1.54) is 6.20 Å². The Balaban J connectivity index is 2.84. The third-order valence-electron chi connectivity index (χ3n) is 2.96. The maximum absolute atomic E-state index is 13.7. The van der Waals surface area contributed by atoms with Crippen LogP contribution in [0.25, 0.3) is 5.69 Å². The Kier molecular flexibility index (Phi) is 4.02. The Morgan fingerprint density at radius 2 is 2.00 bits per heavy atom. The monoisotopic (exact) mass is 318 g/mol. The molecule has 0 bridgehead atoms. The Hall–Kier alpha value is -3.03. The highest BCUT2D eigenvalue weighted by atomic mass is 35.5. The fourth-order valence-electron chi connectivity index (χ4n) is 1.93. The number of esters is 1. The van der Waals surface area contributed by atoms with Gasteiger partial charge in [-0.15, -0.1) is 0 Å². The van der Waals surface area contributed by atoms with Crippen molar-refractivity contribution in [2.24, 2.45) is 0 Å². The molecule has 1 heterocycles. The second-order valence-corrected chi connectivity index (χ2v) is 4.58. The largest absolute Gasteiger partial charge is 0.464 e. The van der Waals surface area contributed by atoms with Gasteiger partial charge in [-0.2, -0.15) is 10.5 Å². The van der Waals surface area contributed by atoms with E-state index in [9.17, 15) is 9.18 Å². The Labute approximate surface area is 129 Å². The first-order valence-electron chi connectivity index (χ1n) is 5.83. The van der Waals surface area contributed by atoms with Crippen LogP contribution in [0.5, 0.6) is 0 Å². The van der Waals surface area contributed by atoms with Gasteiger partial charge in [0.25, 0.3) is 0 Å². The number of benzene rings is 1. The highest BCUT2D eigenvalue weighted by molar-refractivity contribution is 6.30. The van der Waals surface area contributed by atoms with Crippen molar-refractivity contribution < 1.29 is 13.9 Å². The number of rotatable bonds is 2. The van der Waals surface area contributed by atoms with Gasteiger partial charge in [0.05, 0.1) is 34.6 Å². The summed E-state index contributed by atoms with van der Waals surface area (Å²) >= 11 is 5.64. The van der Waals surface area contributed by atoms with Gasteiger partial charge in [-0.25, -0.2) is 9.18 Å². The zero-order chi connectivity index (χ0) is 16.4. The zero-order valence-electron chi connectivity index (χ0n) is 11.2. The standard InChI is InChI=1S/C14H8ClFN4O2/c1-22-14(21)13-12(19)8(5-18)6-20(13)11-3-10(16)9(15)2-7(11)4-17/h2-3,6H,19H2,1H3. The highest BCUT2D eigenvalue weighted by Crippen LogP contribution is 2.29. The molecule has 1 aromatic heterocycles. The summed E-state index contributed by atoms with van der Waals surface area (Å²) in [6.07, 6.45) is 1.23. The second kappa shape index (κ2) is 5.76. The minimum Gasteiger partial charge on any atom is -0.464 e. The van der Waals surface area contributed by atoms with Crippen molar-refractivity contribution >= 4 is 23.3 Å². The molecule has 0 fully saturated rings. The van der Waals surface area contributed by atoms with E-state index in [-0.39, 0.29) is 33.2 Å². The van der Waals surface area contributed by atoms with Gasteiger partial charge in [0.15, 0.2) is 5.69 Å². The number of methoxy groups -OCH3 is 1. The highest BCUT2D eigenvalue weighted by Gasteiger charge is 2.23. The smallest absolute Gasteiger partial charge is 0.357 e. The van der Waals surface area contributed by atoms with Crippen molar-refractivity contribution in [1.82, 2.24) is 4.57 Å². The molecule has 8 heteroatoms. The van der Waals surface area contributed by atoms with E-state index in [0.717, 1.165) is 23.8 Å². The molecule has 0 unspecified atom stereocenters. The lowest BCUT2D eigenvalue weighted by molar-refractivity contribution is 0.0593. The average Bonchev–Trinajstić information content (AvgIpc) is 2.85. The average molecular weight is 319 g/mol. The van der Waals surface area contributed by atoms with Gasteiger partial charge < -0.3 is 15.0 Å². The van der Waals surface area contributed by atoms with Crippen molar-refractivity contribution in [2.45, 2.75) is 0 Å². The van der Waals surface area contributed by atoms with E-state index >= 15 is 0 Å². The van der Waals surface area contributed by atoms with Crippen LogP contribution in [0.15, 0.2) is 18.3 Å². The number of hydrogen-bond acceptors (Lipinski definition) is 5. The summed E-state index contributed by atoms with van der Waals surface area (Å²) in [6.45, 7) is 0. The van der Waals surface area contributed by atoms with Crippen LogP contribution in [0.2, 0.25) is 5.02 Å². The lowest BCUT2D eigenvalue weighted by Gasteiger charge is -2.10. The Morgan fingerprint density at radius 3 is 2.55 bits per heavy atom. The molecule has 110 valence electrons. The maximum atomic E-state index is 13.7. The second-order valence-electron chi connectivity index (χ2n) is 4.17. The number of aromatic nitrogens is 1. The van der Waals surface area contributed by atoms with Crippen molar-refractivity contribution in [2.75, 3.05) is 12.8 Å². The molecule has 0 saturated heterocycles. The van der Waals surface area contributed by atoms with E-state index in [1.54, 1.807) is 0 Å². The summed E-state index contributed by atoms with van der Waals surface area (Å²) < 4.78 is 19.5. The SMILES string of the molecule is COC(=O)c1c(N)c(C#N)cn1-c1cc(F)c(Cl)cc1C#N. The molecule has 0 aliphatic heterocycles. The quantitative estimate of drug-likeness (QED) is 0.856. The van der Waals surface area contributed by atoms with Crippen LogP contribution in [-0.4, -0.2) is 17.6 Å². The minimum atomic E-state index is -0.821. The van der Waals surface area contributed by atoms with Crippen LogP contribution in [0, 0.1) is 28.5 Å². The first-order chi connectivity index (χ1) is 10.4. The van der Waals surface area contributed by atoms with E-state index in [0.29, 0.717) is 0 Å². The third kappa shape index (κ3) is 2.34. The number of nitriles is 2. The number of carbonyl (C=O) groups excluding carboxylic acids is 1. The predicted molar refractivity (Wildman–Crippen MR) is 75.9 cm³/mol. The van der Waals surface area contributed by atoms with Gasteiger partial charge in [-0.05, 0) is 6.07 Å². The number of carbonyl (C=O) groups is 1. The number of anilines is 1. The molecule has 2 aromatic rings. The number of ether oxygens (including phenoxy) is 1. The third-order valence-corrected chi connectivity index (χ3v) is 3.25. The maximum Gasteiger partial charge on any atom is 0.357 e. The van der Waals surface area contributed by atoms with E-state index < -0.39 is 11.8 Å². The van der Waals surface area contributed by atoms with Crippen LogP contribution < -0.4 is 5.73 Å². The molecule has 0 aliphatic carbocycles. The van der Waals surface area contributed by atoms with E-state index in [1.807, 2.05) is 12.1 Å². The lowest BCUT2D eigenvalue weighted by Crippen LogP contribution is -2.12. The van der Waals surface area contributed by atoms with Crippen molar-refractivity contribution in [3.8, 4) is 17.8 Å². The van der Waals surface area contributed by atoms with Crippen LogP contribution >= 0.6 is 11.6 Å². The van der Waals surface area contributed by atoms with Gasteiger partial charge in [0, 0.05) is 12.3 Å². The zero-order valence-corrected chi connectivity index (χ0v) is 12.0. The number of halogens is 2. The summed E-state index contributed by atoms with van der Waals surface area (Å²) in [5.41, 5.74) is 5.49. The lowest BCUT2D eigenvalue weighted by atomic mass is 10.2. The van der Waals surface area contributed by atoms with Gasteiger partial charge >= 0.3 is 5.97 Å². The molecule has 2 rings (SSSR count).